The van der Waals surface area contributed by atoms with E-state index in [9.17, 15) is 0 Å². The highest BCUT2D eigenvalue weighted by Crippen LogP contribution is 2.42. The van der Waals surface area contributed by atoms with Crippen molar-refractivity contribution in [3.05, 3.63) is 12.7 Å². The number of rotatable bonds is 7. The molecule has 2 rings (SSSR count). The van der Waals surface area contributed by atoms with Gasteiger partial charge in [0.1, 0.15) is 0 Å². The Morgan fingerprint density at radius 2 is 1.93 bits per heavy atom. The summed E-state index contributed by atoms with van der Waals surface area (Å²) in [6, 6.07) is 0. The Hall–Kier alpha value is -0.340. The zero-order valence-corrected chi connectivity index (χ0v) is 9.54. The molecule has 0 aromatic heterocycles. The zero-order valence-electron chi connectivity index (χ0n) is 9.54. The van der Waals surface area contributed by atoms with Crippen LogP contribution in [-0.4, -0.2) is 19.0 Å². The molecule has 0 atom stereocenters. The first-order valence-electron chi connectivity index (χ1n) is 6.23. The molecule has 0 spiro atoms. The summed E-state index contributed by atoms with van der Waals surface area (Å²) in [6.07, 6.45) is 10.4. The number of hydrogen-bond donors (Lipinski definition) is 0. The van der Waals surface area contributed by atoms with Crippen LogP contribution in [0.2, 0.25) is 0 Å². The van der Waals surface area contributed by atoms with E-state index < -0.39 is 0 Å². The molecule has 1 saturated carbocycles. The first-order chi connectivity index (χ1) is 7.35. The molecule has 0 aromatic carbocycles. The average molecular weight is 210 g/mol. The molecule has 0 unspecified atom stereocenters. The fourth-order valence-corrected chi connectivity index (χ4v) is 2.31. The van der Waals surface area contributed by atoms with Crippen LogP contribution in [-0.2, 0) is 9.47 Å². The molecule has 2 aliphatic rings. The van der Waals surface area contributed by atoms with Gasteiger partial charge < -0.3 is 9.47 Å². The highest BCUT2D eigenvalue weighted by molar-refractivity contribution is 4.84. The first-order valence-corrected chi connectivity index (χ1v) is 6.23. The lowest BCUT2D eigenvalue weighted by molar-refractivity contribution is -0.170. The number of hydrogen-bond acceptors (Lipinski definition) is 2. The van der Waals surface area contributed by atoms with Crippen molar-refractivity contribution in [2.75, 3.05) is 13.2 Å². The third-order valence-corrected chi connectivity index (χ3v) is 3.33. The molecule has 2 heteroatoms. The summed E-state index contributed by atoms with van der Waals surface area (Å²) in [7, 11) is 0. The standard InChI is InChI=1S/C13H22O2/c1-2-3-4-5-8-13(11-12-6-7-12)14-9-10-15-13/h2,12H,1,3-11H2. The maximum Gasteiger partial charge on any atom is 0.168 e. The van der Waals surface area contributed by atoms with Crippen molar-refractivity contribution >= 4 is 0 Å². The molecule has 0 N–H and O–H groups in total. The SMILES string of the molecule is C=CCCCCC1(CC2CC2)OCCO1. The van der Waals surface area contributed by atoms with E-state index in [1.165, 1.54) is 25.7 Å². The van der Waals surface area contributed by atoms with Crippen molar-refractivity contribution in [3.8, 4) is 0 Å². The van der Waals surface area contributed by atoms with E-state index in [-0.39, 0.29) is 5.79 Å². The molecule has 0 aromatic rings. The quantitative estimate of drug-likeness (QED) is 0.474. The van der Waals surface area contributed by atoms with E-state index in [2.05, 4.69) is 6.58 Å². The molecule has 2 nitrogen and oxygen atoms in total. The topological polar surface area (TPSA) is 18.5 Å². The Labute approximate surface area is 92.6 Å². The molecule has 0 bridgehead atoms. The van der Waals surface area contributed by atoms with Gasteiger partial charge in [-0.1, -0.05) is 6.08 Å². The minimum absolute atomic E-state index is 0.206. The van der Waals surface area contributed by atoms with Gasteiger partial charge in [0.15, 0.2) is 5.79 Å². The lowest BCUT2D eigenvalue weighted by Gasteiger charge is -2.27. The Bertz CT molecular complexity index is 203. The van der Waals surface area contributed by atoms with Crippen molar-refractivity contribution < 1.29 is 9.47 Å². The summed E-state index contributed by atoms with van der Waals surface area (Å²) in [5.74, 6) is 0.671. The van der Waals surface area contributed by atoms with Gasteiger partial charge in [-0.2, -0.15) is 0 Å². The molecule has 86 valence electrons. The fourth-order valence-electron chi connectivity index (χ4n) is 2.31. The van der Waals surface area contributed by atoms with Gasteiger partial charge in [-0.3, -0.25) is 0 Å². The van der Waals surface area contributed by atoms with E-state index >= 15 is 0 Å². The molecular formula is C13H22O2. The maximum absolute atomic E-state index is 5.82. The molecule has 1 saturated heterocycles. The molecular weight excluding hydrogens is 188 g/mol. The van der Waals surface area contributed by atoms with Crippen molar-refractivity contribution in [2.24, 2.45) is 5.92 Å². The van der Waals surface area contributed by atoms with Crippen LogP contribution in [0.3, 0.4) is 0 Å². The van der Waals surface area contributed by atoms with Crippen molar-refractivity contribution in [1.82, 2.24) is 0 Å². The molecule has 15 heavy (non-hydrogen) atoms. The Morgan fingerprint density at radius 1 is 1.20 bits per heavy atom. The Morgan fingerprint density at radius 3 is 2.53 bits per heavy atom. The van der Waals surface area contributed by atoms with Crippen LogP contribution in [0.25, 0.3) is 0 Å². The fraction of sp³-hybridized carbons (Fsp3) is 0.846. The van der Waals surface area contributed by atoms with E-state index in [1.54, 1.807) is 0 Å². The van der Waals surface area contributed by atoms with Gasteiger partial charge in [0.2, 0.25) is 0 Å². The van der Waals surface area contributed by atoms with E-state index in [4.69, 9.17) is 9.47 Å². The normalized spacial score (nSPS) is 24.3. The second-order valence-corrected chi connectivity index (χ2v) is 4.79. The van der Waals surface area contributed by atoms with E-state index in [1.807, 2.05) is 6.08 Å². The second kappa shape index (κ2) is 5.13. The van der Waals surface area contributed by atoms with Gasteiger partial charge in [0.05, 0.1) is 13.2 Å². The predicted molar refractivity (Wildman–Crippen MR) is 60.6 cm³/mol. The first kappa shape index (κ1) is 11.2. The summed E-state index contributed by atoms with van der Waals surface area (Å²) in [5.41, 5.74) is 0. The molecule has 1 aliphatic carbocycles. The molecule has 2 fully saturated rings. The highest BCUT2D eigenvalue weighted by atomic mass is 16.7. The highest BCUT2D eigenvalue weighted by Gasteiger charge is 2.41. The molecule has 1 aliphatic heterocycles. The van der Waals surface area contributed by atoms with Gasteiger partial charge >= 0.3 is 0 Å². The molecule has 0 radical (unpaired) electrons. The molecule has 1 heterocycles. The molecule has 0 amide bonds. The Balaban J connectivity index is 1.74. The predicted octanol–water partition coefficient (Wildman–Crippen LogP) is 3.28. The average Bonchev–Trinajstić information content (AvgIpc) is 2.92. The van der Waals surface area contributed by atoms with Gasteiger partial charge in [0.25, 0.3) is 0 Å². The van der Waals surface area contributed by atoms with Crippen LogP contribution in [0.4, 0.5) is 0 Å². The lowest BCUT2D eigenvalue weighted by atomic mass is 10.0. The van der Waals surface area contributed by atoms with Gasteiger partial charge in [-0.15, -0.1) is 6.58 Å². The third kappa shape index (κ3) is 3.32. The second-order valence-electron chi connectivity index (χ2n) is 4.79. The summed E-state index contributed by atoms with van der Waals surface area (Å²) in [4.78, 5) is 0. The van der Waals surface area contributed by atoms with E-state index in [0.29, 0.717) is 0 Å². The Kier molecular flexibility index (Phi) is 3.81. The number of allylic oxidation sites excluding steroid dienone is 1. The van der Waals surface area contributed by atoms with Gasteiger partial charge in [-0.25, -0.2) is 0 Å². The van der Waals surface area contributed by atoms with Gasteiger partial charge in [0, 0.05) is 12.8 Å². The number of ether oxygens (including phenoxy) is 2. The third-order valence-electron chi connectivity index (χ3n) is 3.33. The van der Waals surface area contributed by atoms with Gasteiger partial charge in [-0.05, 0) is 38.0 Å². The van der Waals surface area contributed by atoms with Crippen molar-refractivity contribution in [1.29, 1.82) is 0 Å². The largest absolute Gasteiger partial charge is 0.348 e. The smallest absolute Gasteiger partial charge is 0.168 e. The number of unbranched alkanes of at least 4 members (excludes halogenated alkanes) is 2. The summed E-state index contributed by atoms with van der Waals surface area (Å²) in [6.45, 7) is 5.32. The minimum atomic E-state index is -0.206. The summed E-state index contributed by atoms with van der Waals surface area (Å²) >= 11 is 0. The van der Waals surface area contributed by atoms with E-state index in [0.717, 1.165) is 38.4 Å². The summed E-state index contributed by atoms with van der Waals surface area (Å²) in [5, 5.41) is 0. The van der Waals surface area contributed by atoms with Crippen molar-refractivity contribution in [2.45, 2.75) is 50.7 Å². The minimum Gasteiger partial charge on any atom is -0.348 e. The van der Waals surface area contributed by atoms with Crippen LogP contribution in [0.5, 0.6) is 0 Å². The summed E-state index contributed by atoms with van der Waals surface area (Å²) < 4.78 is 11.6. The lowest BCUT2D eigenvalue weighted by Crippen LogP contribution is -2.30. The van der Waals surface area contributed by atoms with Crippen LogP contribution >= 0.6 is 0 Å². The monoisotopic (exact) mass is 210 g/mol. The van der Waals surface area contributed by atoms with Crippen molar-refractivity contribution in [3.63, 3.8) is 0 Å². The van der Waals surface area contributed by atoms with Crippen LogP contribution < -0.4 is 0 Å². The van der Waals surface area contributed by atoms with Crippen LogP contribution in [0.1, 0.15) is 44.9 Å². The maximum atomic E-state index is 5.82. The zero-order chi connectivity index (χ0) is 10.6. The van der Waals surface area contributed by atoms with Crippen LogP contribution in [0.15, 0.2) is 12.7 Å². The van der Waals surface area contributed by atoms with Crippen LogP contribution in [0, 0.1) is 5.92 Å².